The molecule has 1 aromatic heterocycles. The number of nitrogens with zero attached hydrogens (tertiary/aromatic N) is 1. The Morgan fingerprint density at radius 3 is 1.75 bits per heavy atom. The zero-order chi connectivity index (χ0) is 11.7. The summed E-state index contributed by atoms with van der Waals surface area (Å²) in [5.41, 5.74) is 7.45. The fourth-order valence-electron chi connectivity index (χ4n) is 2.10. The van der Waals surface area contributed by atoms with Crippen LogP contribution in [0.15, 0.2) is 30.3 Å². The number of aromatic nitrogens is 1. The van der Waals surface area contributed by atoms with Crippen LogP contribution in [0.3, 0.4) is 0 Å². The third kappa shape index (κ3) is 1.82. The maximum atomic E-state index is 4.56. The summed E-state index contributed by atoms with van der Waals surface area (Å²) in [6, 6.07) is 10.5. The van der Waals surface area contributed by atoms with E-state index in [0.29, 0.717) is 0 Å². The summed E-state index contributed by atoms with van der Waals surface area (Å²) in [6.07, 6.45) is 0. The van der Waals surface area contributed by atoms with E-state index in [1.165, 1.54) is 22.1 Å². The molecule has 0 radical (unpaired) electrons. The molecule has 0 amide bonds. The summed E-state index contributed by atoms with van der Waals surface area (Å²) < 4.78 is 0. The highest BCUT2D eigenvalue weighted by molar-refractivity contribution is 6.57. The van der Waals surface area contributed by atoms with Gasteiger partial charge in [0, 0.05) is 0 Å². The van der Waals surface area contributed by atoms with Crippen LogP contribution in [0, 0.1) is 0 Å². The van der Waals surface area contributed by atoms with Crippen molar-refractivity contribution in [2.75, 3.05) is 0 Å². The van der Waals surface area contributed by atoms with Gasteiger partial charge in [-0.2, -0.15) is 0 Å². The van der Waals surface area contributed by atoms with Crippen LogP contribution in [-0.4, -0.2) is 36.4 Å². The van der Waals surface area contributed by atoms with Gasteiger partial charge in [0.25, 0.3) is 0 Å². The SMILES string of the molecule is Bc1nc(B)c(B)c(-c2ccccc2)c1B. The number of pyridine rings is 1. The average Bonchev–Trinajstić information content (AvgIpc) is 2.28. The highest BCUT2D eigenvalue weighted by Crippen LogP contribution is 2.11. The molecular formula is C11H13B4N. The first-order valence-electron chi connectivity index (χ1n) is 5.61. The van der Waals surface area contributed by atoms with Gasteiger partial charge in [0.15, 0.2) is 15.7 Å². The maximum Gasteiger partial charge on any atom is 0.163 e. The van der Waals surface area contributed by atoms with Gasteiger partial charge in [-0.3, -0.25) is 4.98 Å². The summed E-state index contributed by atoms with van der Waals surface area (Å²) in [5, 5.41) is 0. The van der Waals surface area contributed by atoms with Crippen molar-refractivity contribution >= 4 is 53.5 Å². The summed E-state index contributed by atoms with van der Waals surface area (Å²) in [5.74, 6) is 0. The van der Waals surface area contributed by atoms with E-state index in [1.807, 2.05) is 0 Å². The minimum atomic E-state index is 1.13. The Hall–Kier alpha value is -1.37. The highest BCUT2D eigenvalue weighted by Gasteiger charge is 2.09. The van der Waals surface area contributed by atoms with E-state index in [0.717, 1.165) is 11.2 Å². The summed E-state index contributed by atoms with van der Waals surface area (Å²) in [7, 11) is 8.45. The second-order valence-electron chi connectivity index (χ2n) is 4.27. The molecule has 0 fully saturated rings. The lowest BCUT2D eigenvalue weighted by Crippen LogP contribution is -2.45. The second-order valence-corrected chi connectivity index (χ2v) is 4.27. The topological polar surface area (TPSA) is 12.9 Å². The minimum Gasteiger partial charge on any atom is -0.281 e. The van der Waals surface area contributed by atoms with Crippen LogP contribution in [0.4, 0.5) is 0 Å². The highest BCUT2D eigenvalue weighted by atomic mass is 14.7. The molecule has 0 unspecified atom stereocenters. The molecule has 74 valence electrons. The Bertz CT molecular complexity index is 499. The molecule has 1 aromatic carbocycles. The van der Waals surface area contributed by atoms with Gasteiger partial charge in [0.05, 0.1) is 0 Å². The second kappa shape index (κ2) is 4.25. The van der Waals surface area contributed by atoms with Crippen LogP contribution in [0.25, 0.3) is 11.1 Å². The molecule has 0 saturated carbocycles. The van der Waals surface area contributed by atoms with Gasteiger partial charge >= 0.3 is 0 Å². The maximum absolute atomic E-state index is 4.56. The quantitative estimate of drug-likeness (QED) is 0.427. The molecule has 0 aliphatic heterocycles. The molecule has 0 spiro atoms. The molecule has 0 bridgehead atoms. The Balaban J connectivity index is 2.74. The molecule has 16 heavy (non-hydrogen) atoms. The van der Waals surface area contributed by atoms with Gasteiger partial charge in [-0.05, 0) is 22.3 Å². The van der Waals surface area contributed by atoms with Crippen molar-refractivity contribution in [2.24, 2.45) is 0 Å². The molecule has 2 aromatic rings. The van der Waals surface area contributed by atoms with Gasteiger partial charge in [-0.1, -0.05) is 41.3 Å². The Labute approximate surface area is 100 Å². The van der Waals surface area contributed by atoms with Crippen LogP contribution in [0.1, 0.15) is 0 Å². The first-order valence-corrected chi connectivity index (χ1v) is 5.61. The van der Waals surface area contributed by atoms with Crippen LogP contribution in [0.5, 0.6) is 0 Å². The Morgan fingerprint density at radius 1 is 0.750 bits per heavy atom. The number of benzene rings is 1. The van der Waals surface area contributed by atoms with Crippen molar-refractivity contribution < 1.29 is 0 Å². The molecule has 0 atom stereocenters. The molecule has 0 aliphatic rings. The van der Waals surface area contributed by atoms with E-state index in [9.17, 15) is 0 Å². The normalized spacial score (nSPS) is 10.2. The van der Waals surface area contributed by atoms with Crippen LogP contribution < -0.4 is 22.1 Å². The standard InChI is InChI=1S/C11H13B4N/c12-8-7(6-4-2-1-3-5-6)9(13)11(15)16-10(8)14/h1-5H,12-15H2. The average molecular weight is 202 g/mol. The Kier molecular flexibility index (Phi) is 2.95. The Morgan fingerprint density at radius 2 is 1.25 bits per heavy atom. The molecule has 0 aliphatic carbocycles. The van der Waals surface area contributed by atoms with E-state index in [2.05, 4.69) is 66.7 Å². The van der Waals surface area contributed by atoms with E-state index in [1.54, 1.807) is 0 Å². The van der Waals surface area contributed by atoms with E-state index >= 15 is 0 Å². The van der Waals surface area contributed by atoms with E-state index < -0.39 is 0 Å². The van der Waals surface area contributed by atoms with Crippen LogP contribution in [-0.2, 0) is 0 Å². The summed E-state index contributed by atoms with van der Waals surface area (Å²) >= 11 is 0. The van der Waals surface area contributed by atoms with Gasteiger partial charge in [-0.15, -0.1) is 0 Å². The van der Waals surface area contributed by atoms with E-state index in [4.69, 9.17) is 0 Å². The van der Waals surface area contributed by atoms with Crippen molar-refractivity contribution in [3.63, 3.8) is 0 Å². The molecule has 0 N–H and O–H groups in total. The van der Waals surface area contributed by atoms with Crippen molar-refractivity contribution in [1.82, 2.24) is 4.98 Å². The van der Waals surface area contributed by atoms with Crippen molar-refractivity contribution in [3.8, 4) is 11.1 Å². The number of hydrogen-bond acceptors (Lipinski definition) is 1. The lowest BCUT2D eigenvalue weighted by atomic mass is 9.71. The van der Waals surface area contributed by atoms with Gasteiger partial charge < -0.3 is 0 Å². The summed E-state index contributed by atoms with van der Waals surface area (Å²) in [6.45, 7) is 0. The van der Waals surface area contributed by atoms with Crippen molar-refractivity contribution in [3.05, 3.63) is 30.3 Å². The lowest BCUT2D eigenvalue weighted by molar-refractivity contribution is 1.49. The molecule has 1 heterocycles. The smallest absolute Gasteiger partial charge is 0.163 e. The predicted molar refractivity (Wildman–Crippen MR) is 82.4 cm³/mol. The van der Waals surface area contributed by atoms with Gasteiger partial charge in [-0.25, -0.2) is 0 Å². The molecule has 0 saturated heterocycles. The van der Waals surface area contributed by atoms with Gasteiger partial charge in [0.2, 0.25) is 0 Å². The zero-order valence-electron chi connectivity index (χ0n) is 10.3. The van der Waals surface area contributed by atoms with Crippen LogP contribution in [0.2, 0.25) is 0 Å². The van der Waals surface area contributed by atoms with Crippen molar-refractivity contribution in [1.29, 1.82) is 0 Å². The molecule has 5 heteroatoms. The van der Waals surface area contributed by atoms with Crippen LogP contribution >= 0.6 is 0 Å². The molecule has 2 rings (SSSR count). The predicted octanol–water partition coefficient (Wildman–Crippen LogP) is -4.22. The first-order chi connectivity index (χ1) is 7.61. The third-order valence-corrected chi connectivity index (χ3v) is 3.23. The zero-order valence-corrected chi connectivity index (χ0v) is 10.3. The number of hydrogen-bond donors (Lipinski definition) is 0. The van der Waals surface area contributed by atoms with Crippen molar-refractivity contribution in [2.45, 2.75) is 0 Å². The monoisotopic (exact) mass is 203 g/mol. The summed E-state index contributed by atoms with van der Waals surface area (Å²) in [4.78, 5) is 4.56. The fourth-order valence-corrected chi connectivity index (χ4v) is 2.10. The first kappa shape index (κ1) is 11.1. The minimum absolute atomic E-state index is 1.13. The fraction of sp³-hybridized carbons (Fsp3) is 0. The largest absolute Gasteiger partial charge is 0.281 e. The molecule has 1 nitrogen and oxygen atoms in total. The third-order valence-electron chi connectivity index (χ3n) is 3.23. The molecular weight excluding hydrogens is 189 g/mol. The lowest BCUT2D eigenvalue weighted by Gasteiger charge is -2.15. The van der Waals surface area contributed by atoms with E-state index in [-0.39, 0.29) is 0 Å². The van der Waals surface area contributed by atoms with Gasteiger partial charge in [0.1, 0.15) is 15.7 Å². The number of rotatable bonds is 1.